The lowest BCUT2D eigenvalue weighted by Crippen LogP contribution is -2.82. The molecule has 192 valence electrons. The molecule has 0 saturated carbocycles. The van der Waals surface area contributed by atoms with Gasteiger partial charge < -0.3 is 35.4 Å². The van der Waals surface area contributed by atoms with Crippen LogP contribution in [0.15, 0.2) is 18.2 Å². The van der Waals surface area contributed by atoms with Crippen molar-refractivity contribution >= 4 is 17.8 Å². The quantitative estimate of drug-likeness (QED) is 0.292. The fraction of sp³-hybridized carbons (Fsp3) is 0.625. The number of cyclic esters (lactones) is 1. The molecule has 11 heteroatoms. The van der Waals surface area contributed by atoms with Gasteiger partial charge in [0.2, 0.25) is 5.91 Å². The van der Waals surface area contributed by atoms with E-state index in [-0.39, 0.29) is 36.0 Å². The van der Waals surface area contributed by atoms with Crippen LogP contribution in [0.3, 0.4) is 0 Å². The van der Waals surface area contributed by atoms with E-state index in [1.807, 2.05) is 13.8 Å². The first-order valence-electron chi connectivity index (χ1n) is 11.8. The summed E-state index contributed by atoms with van der Waals surface area (Å²) >= 11 is 0. The predicted molar refractivity (Wildman–Crippen MR) is 122 cm³/mol. The van der Waals surface area contributed by atoms with Gasteiger partial charge in [-0.3, -0.25) is 14.9 Å². The number of phenolic OH excluding ortho intramolecular Hbond substituents is 1. The number of carbonyl (C=O) groups excluding carboxylic acids is 3. The highest BCUT2D eigenvalue weighted by Crippen LogP contribution is 2.35. The Balaban J connectivity index is 1.52. The Morgan fingerprint density at radius 1 is 1.26 bits per heavy atom. The molecule has 0 radical (unpaired) electrons. The number of morpholine rings is 1. The van der Waals surface area contributed by atoms with Crippen LogP contribution in [0.5, 0.6) is 5.75 Å². The first kappa shape index (κ1) is 25.4. The lowest BCUT2D eigenvalue weighted by atomic mass is 9.87. The minimum atomic E-state index is -1.90. The van der Waals surface area contributed by atoms with Crippen LogP contribution < -0.4 is 16.0 Å². The number of aliphatic hydroxyl groups is 2. The first-order valence-corrected chi connectivity index (χ1v) is 11.8. The molecule has 3 aliphatic rings. The minimum absolute atomic E-state index is 0.0450. The van der Waals surface area contributed by atoms with E-state index in [4.69, 9.17) is 9.47 Å². The molecule has 2 amide bonds. The standard InChI is InChI=1S/C24H33N3O8/c1-11(2)8-13(16-9-12-6-5-7-15(28)18(12)22(32)34-16)25-21(31)19(30)20-14-10-17(29)27-23(3,26-14)24(4,33)35-20/h5-7,11,13-14,16,19-20,26,28,30,33H,8-10H2,1-4H3,(H,25,31)(H,27,29)/t13-,14-,16-,19-,20-,23+,24-/m0/s1. The third kappa shape index (κ3) is 4.73. The highest BCUT2D eigenvalue weighted by molar-refractivity contribution is 5.95. The fourth-order valence-corrected chi connectivity index (χ4v) is 5.09. The second kappa shape index (κ2) is 9.05. The maximum absolute atomic E-state index is 13.2. The maximum atomic E-state index is 13.2. The third-order valence-electron chi connectivity index (χ3n) is 7.05. The number of ether oxygens (including phenoxy) is 2. The number of nitrogens with one attached hydrogen (secondary N) is 3. The van der Waals surface area contributed by atoms with Gasteiger partial charge in [0, 0.05) is 18.9 Å². The van der Waals surface area contributed by atoms with Crippen molar-refractivity contribution in [2.75, 3.05) is 0 Å². The van der Waals surface area contributed by atoms with Crippen LogP contribution in [-0.2, 0) is 25.5 Å². The van der Waals surface area contributed by atoms with E-state index < -0.39 is 53.7 Å². The topological polar surface area (TPSA) is 166 Å². The normalized spacial score (nSPS) is 33.9. The molecular formula is C24H33N3O8. The number of benzene rings is 1. The number of amides is 2. The second-order valence-corrected chi connectivity index (χ2v) is 10.3. The molecule has 0 spiro atoms. The summed E-state index contributed by atoms with van der Waals surface area (Å²) in [7, 11) is 0. The Hall–Kier alpha value is -2.73. The van der Waals surface area contributed by atoms with Gasteiger partial charge in [0.25, 0.3) is 5.91 Å². The third-order valence-corrected chi connectivity index (χ3v) is 7.05. The van der Waals surface area contributed by atoms with Crippen LogP contribution >= 0.6 is 0 Å². The molecule has 0 aliphatic carbocycles. The Labute approximate surface area is 203 Å². The van der Waals surface area contributed by atoms with Gasteiger partial charge >= 0.3 is 5.97 Å². The highest BCUT2D eigenvalue weighted by atomic mass is 16.6. The molecule has 7 atom stereocenters. The molecule has 1 aromatic rings. The molecule has 1 aromatic carbocycles. The molecule has 2 fully saturated rings. The number of aromatic hydroxyl groups is 1. The summed E-state index contributed by atoms with van der Waals surface area (Å²) in [5, 5.41) is 40.2. The van der Waals surface area contributed by atoms with Crippen molar-refractivity contribution in [3.05, 3.63) is 29.3 Å². The number of rotatable bonds is 6. The summed E-state index contributed by atoms with van der Waals surface area (Å²) in [5.74, 6) is -3.73. The molecule has 3 heterocycles. The average Bonchev–Trinajstić information content (AvgIpc) is 2.74. The van der Waals surface area contributed by atoms with Gasteiger partial charge in [0.1, 0.15) is 29.2 Å². The molecule has 11 nitrogen and oxygen atoms in total. The summed E-state index contributed by atoms with van der Waals surface area (Å²) in [4.78, 5) is 37.9. The largest absolute Gasteiger partial charge is 0.507 e. The lowest BCUT2D eigenvalue weighted by molar-refractivity contribution is -0.312. The molecule has 2 saturated heterocycles. The van der Waals surface area contributed by atoms with Crippen LogP contribution in [0.4, 0.5) is 0 Å². The number of aliphatic hydroxyl groups excluding tert-OH is 1. The van der Waals surface area contributed by atoms with Crippen LogP contribution in [0.1, 0.15) is 56.5 Å². The van der Waals surface area contributed by atoms with Gasteiger partial charge in [-0.05, 0) is 37.8 Å². The van der Waals surface area contributed by atoms with Gasteiger partial charge in [-0.25, -0.2) is 4.79 Å². The number of hydrogen-bond acceptors (Lipinski definition) is 9. The van der Waals surface area contributed by atoms with Gasteiger partial charge in [-0.2, -0.15) is 0 Å². The molecule has 2 bridgehead atoms. The molecule has 0 unspecified atom stereocenters. The Kier molecular flexibility index (Phi) is 6.56. The fourth-order valence-electron chi connectivity index (χ4n) is 5.09. The average molecular weight is 492 g/mol. The number of hydrogen-bond donors (Lipinski definition) is 6. The zero-order valence-electron chi connectivity index (χ0n) is 20.2. The van der Waals surface area contributed by atoms with Crippen molar-refractivity contribution in [3.8, 4) is 5.75 Å². The van der Waals surface area contributed by atoms with Crippen molar-refractivity contribution in [2.24, 2.45) is 5.92 Å². The number of esters is 1. The Morgan fingerprint density at radius 3 is 2.66 bits per heavy atom. The maximum Gasteiger partial charge on any atom is 0.342 e. The van der Waals surface area contributed by atoms with Crippen molar-refractivity contribution < 1.29 is 39.2 Å². The van der Waals surface area contributed by atoms with Crippen LogP contribution in [0.25, 0.3) is 0 Å². The summed E-state index contributed by atoms with van der Waals surface area (Å²) in [6.45, 7) is 6.81. The van der Waals surface area contributed by atoms with E-state index in [1.165, 1.54) is 13.0 Å². The van der Waals surface area contributed by atoms with E-state index in [1.54, 1.807) is 19.1 Å². The van der Waals surface area contributed by atoms with Crippen LogP contribution in [0, 0.1) is 5.92 Å². The first-order chi connectivity index (χ1) is 16.3. The zero-order chi connectivity index (χ0) is 25.7. The predicted octanol–water partition coefficient (Wildman–Crippen LogP) is -0.333. The van der Waals surface area contributed by atoms with Gasteiger partial charge in [-0.15, -0.1) is 0 Å². The molecular weight excluding hydrogens is 458 g/mol. The number of carbonyl (C=O) groups is 3. The summed E-state index contributed by atoms with van der Waals surface area (Å²) in [6, 6.07) is 3.43. The zero-order valence-corrected chi connectivity index (χ0v) is 20.2. The van der Waals surface area contributed by atoms with Crippen molar-refractivity contribution in [3.63, 3.8) is 0 Å². The van der Waals surface area contributed by atoms with Gasteiger partial charge in [0.15, 0.2) is 11.9 Å². The van der Waals surface area contributed by atoms with Crippen LogP contribution in [-0.4, -0.2) is 74.9 Å². The van der Waals surface area contributed by atoms with E-state index in [0.717, 1.165) is 0 Å². The summed E-state index contributed by atoms with van der Waals surface area (Å²) in [6.07, 6.45) is -2.93. The van der Waals surface area contributed by atoms with Gasteiger partial charge in [0.05, 0.1) is 6.04 Å². The summed E-state index contributed by atoms with van der Waals surface area (Å²) < 4.78 is 11.3. The lowest BCUT2D eigenvalue weighted by Gasteiger charge is -2.55. The van der Waals surface area contributed by atoms with E-state index in [2.05, 4.69) is 16.0 Å². The van der Waals surface area contributed by atoms with Crippen molar-refractivity contribution in [1.82, 2.24) is 16.0 Å². The highest BCUT2D eigenvalue weighted by Gasteiger charge is 2.58. The van der Waals surface area contributed by atoms with E-state index in [0.29, 0.717) is 12.0 Å². The number of phenols is 1. The molecule has 35 heavy (non-hydrogen) atoms. The Bertz CT molecular complexity index is 1030. The number of fused-ring (bicyclic) bond motifs is 3. The SMILES string of the molecule is CC(C)C[C@H](NC(=O)[C@@H](O)[C@H]1O[C@](C)(O)[C@@]2(C)NC(=O)C[C@@H]1N2)[C@@H]1Cc2cccc(O)c2C(=O)O1. The molecule has 6 N–H and O–H groups in total. The monoisotopic (exact) mass is 491 g/mol. The van der Waals surface area contributed by atoms with Crippen molar-refractivity contribution in [1.29, 1.82) is 0 Å². The second-order valence-electron chi connectivity index (χ2n) is 10.3. The molecule has 0 aromatic heterocycles. The van der Waals surface area contributed by atoms with Crippen molar-refractivity contribution in [2.45, 2.75) is 88.8 Å². The molecule has 3 aliphatic heterocycles. The van der Waals surface area contributed by atoms with E-state index in [9.17, 15) is 29.7 Å². The minimum Gasteiger partial charge on any atom is -0.507 e. The summed E-state index contributed by atoms with van der Waals surface area (Å²) in [5.41, 5.74) is -0.561. The Morgan fingerprint density at radius 2 is 1.97 bits per heavy atom. The van der Waals surface area contributed by atoms with E-state index >= 15 is 0 Å². The smallest absolute Gasteiger partial charge is 0.342 e. The molecule has 4 rings (SSSR count). The van der Waals surface area contributed by atoms with Gasteiger partial charge in [-0.1, -0.05) is 26.0 Å². The van der Waals surface area contributed by atoms with Crippen LogP contribution in [0.2, 0.25) is 0 Å².